The van der Waals surface area contributed by atoms with Gasteiger partial charge in [-0.2, -0.15) is 12.6 Å². The quantitative estimate of drug-likeness (QED) is 0.625. The molecule has 0 aliphatic heterocycles. The second-order valence-electron chi connectivity index (χ2n) is 1.56. The fourth-order valence-electron chi connectivity index (χ4n) is 0.274. The van der Waals surface area contributed by atoms with Crippen LogP contribution >= 0.6 is 12.6 Å². The van der Waals surface area contributed by atoms with Crippen LogP contribution in [-0.4, -0.2) is 28.9 Å². The summed E-state index contributed by atoms with van der Waals surface area (Å²) < 4.78 is 34.7. The van der Waals surface area contributed by atoms with E-state index in [0.717, 1.165) is 0 Å². The van der Waals surface area contributed by atoms with Crippen molar-refractivity contribution in [2.75, 3.05) is 0 Å². The number of alkyl halides is 3. The van der Waals surface area contributed by atoms with Crippen LogP contribution in [-0.2, 0) is 4.79 Å². The Labute approximate surface area is 60.4 Å². The zero-order valence-electron chi connectivity index (χ0n) is 4.67. The molecule has 0 saturated carbocycles. The number of rotatable bonds is 3. The molecule has 0 aromatic rings. The highest BCUT2D eigenvalue weighted by Crippen LogP contribution is 2.14. The molecule has 0 saturated heterocycles. The fourth-order valence-corrected chi connectivity index (χ4v) is 0.404. The van der Waals surface area contributed by atoms with Gasteiger partial charge in [0.25, 0.3) is 6.43 Å². The van der Waals surface area contributed by atoms with Gasteiger partial charge < -0.3 is 5.11 Å². The molecular weight excluding hydrogens is 169 g/mol. The van der Waals surface area contributed by atoms with E-state index in [-0.39, 0.29) is 0 Å². The Kier molecular flexibility index (Phi) is 3.55. The Balaban J connectivity index is 3.94. The molecule has 0 aliphatic carbocycles. The van der Waals surface area contributed by atoms with E-state index >= 15 is 0 Å². The Hall–Kier alpha value is -0.390. The highest BCUT2D eigenvalue weighted by molar-refractivity contribution is 7.81. The number of halogens is 3. The van der Waals surface area contributed by atoms with Gasteiger partial charge in [-0.1, -0.05) is 0 Å². The number of carboxylic acid groups (broad SMARTS) is 1. The Bertz CT molecular complexity index is 130. The third-order valence-electron chi connectivity index (χ3n) is 0.795. The number of hydrogen-bond donors (Lipinski definition) is 2. The maximum atomic E-state index is 12.0. The maximum absolute atomic E-state index is 12.0. The molecule has 60 valence electrons. The van der Waals surface area contributed by atoms with Gasteiger partial charge in [0, 0.05) is 0 Å². The predicted molar refractivity (Wildman–Crippen MR) is 31.3 cm³/mol. The van der Waals surface area contributed by atoms with E-state index < -0.39 is 23.8 Å². The van der Waals surface area contributed by atoms with Crippen LogP contribution < -0.4 is 0 Å². The first-order chi connectivity index (χ1) is 4.46. The van der Waals surface area contributed by atoms with E-state index in [1.54, 1.807) is 0 Å². The monoisotopic (exact) mass is 174 g/mol. The number of carboxylic acids is 1. The van der Waals surface area contributed by atoms with Gasteiger partial charge in [0.1, 0.15) is 5.25 Å². The third kappa shape index (κ3) is 2.47. The lowest BCUT2D eigenvalue weighted by Gasteiger charge is -2.09. The van der Waals surface area contributed by atoms with Gasteiger partial charge >= 0.3 is 5.97 Å². The molecular formula is C4H5F3O2S. The van der Waals surface area contributed by atoms with Gasteiger partial charge in [-0.3, -0.25) is 4.79 Å². The van der Waals surface area contributed by atoms with Crippen LogP contribution in [0.2, 0.25) is 0 Å². The highest BCUT2D eigenvalue weighted by atomic mass is 32.1. The summed E-state index contributed by atoms with van der Waals surface area (Å²) in [4.78, 5) is 9.80. The minimum absolute atomic E-state index is 1.68. The summed E-state index contributed by atoms with van der Waals surface area (Å²) in [5.74, 6) is -1.68. The van der Waals surface area contributed by atoms with Crippen LogP contribution in [0.5, 0.6) is 0 Å². The molecule has 0 amide bonds. The number of hydrogen-bond acceptors (Lipinski definition) is 2. The molecule has 0 heterocycles. The van der Waals surface area contributed by atoms with Crippen molar-refractivity contribution in [2.45, 2.75) is 17.8 Å². The van der Waals surface area contributed by atoms with Crippen molar-refractivity contribution in [1.82, 2.24) is 0 Å². The first-order valence-electron chi connectivity index (χ1n) is 2.30. The summed E-state index contributed by atoms with van der Waals surface area (Å²) >= 11 is 3.10. The van der Waals surface area contributed by atoms with Crippen molar-refractivity contribution >= 4 is 18.6 Å². The Morgan fingerprint density at radius 3 is 1.90 bits per heavy atom. The standard InChI is InChI=1S/C4H5F3O2S/c5-1(3(6)7)2(10)4(8)9/h1-3,10H,(H,8,9). The van der Waals surface area contributed by atoms with Gasteiger partial charge in [0.15, 0.2) is 6.17 Å². The number of thiol groups is 1. The smallest absolute Gasteiger partial charge is 0.319 e. The summed E-state index contributed by atoms with van der Waals surface area (Å²) in [5.41, 5.74) is 0. The molecule has 10 heavy (non-hydrogen) atoms. The van der Waals surface area contributed by atoms with Gasteiger partial charge in [-0.25, -0.2) is 13.2 Å². The van der Waals surface area contributed by atoms with E-state index in [1.807, 2.05) is 0 Å². The van der Waals surface area contributed by atoms with Crippen LogP contribution in [0.1, 0.15) is 0 Å². The normalized spacial score (nSPS) is 16.9. The highest BCUT2D eigenvalue weighted by Gasteiger charge is 2.31. The Morgan fingerprint density at radius 2 is 1.80 bits per heavy atom. The molecule has 2 unspecified atom stereocenters. The van der Waals surface area contributed by atoms with E-state index in [9.17, 15) is 18.0 Å². The first kappa shape index (κ1) is 9.61. The molecule has 0 aliphatic rings. The maximum Gasteiger partial charge on any atom is 0.319 e. The van der Waals surface area contributed by atoms with Crippen molar-refractivity contribution < 1.29 is 23.1 Å². The average Bonchev–Trinajstić information content (AvgIpc) is 1.84. The van der Waals surface area contributed by atoms with Crippen LogP contribution in [0.4, 0.5) is 13.2 Å². The summed E-state index contributed by atoms with van der Waals surface area (Å²) in [6, 6.07) is 0. The summed E-state index contributed by atoms with van der Waals surface area (Å²) in [6.45, 7) is 0. The zero-order valence-corrected chi connectivity index (χ0v) is 5.56. The van der Waals surface area contributed by atoms with Gasteiger partial charge in [0.2, 0.25) is 0 Å². The molecule has 1 N–H and O–H groups in total. The average molecular weight is 174 g/mol. The molecule has 6 heteroatoms. The second-order valence-corrected chi connectivity index (χ2v) is 2.12. The second kappa shape index (κ2) is 3.70. The fraction of sp³-hybridized carbons (Fsp3) is 0.750. The molecule has 0 spiro atoms. The molecule has 0 radical (unpaired) electrons. The van der Waals surface area contributed by atoms with E-state index in [4.69, 9.17) is 5.11 Å². The number of carbonyl (C=O) groups is 1. The minimum Gasteiger partial charge on any atom is -0.480 e. The van der Waals surface area contributed by atoms with Gasteiger partial charge in [-0.05, 0) is 0 Å². The van der Waals surface area contributed by atoms with Crippen LogP contribution in [0.15, 0.2) is 0 Å². The van der Waals surface area contributed by atoms with Crippen molar-refractivity contribution in [3.63, 3.8) is 0 Å². The summed E-state index contributed by atoms with van der Waals surface area (Å²) in [7, 11) is 0. The molecule has 0 aromatic heterocycles. The lowest BCUT2D eigenvalue weighted by atomic mass is 10.3. The molecule has 0 bridgehead atoms. The van der Waals surface area contributed by atoms with Crippen molar-refractivity contribution in [1.29, 1.82) is 0 Å². The van der Waals surface area contributed by atoms with Gasteiger partial charge in [-0.15, -0.1) is 0 Å². The van der Waals surface area contributed by atoms with Crippen molar-refractivity contribution in [3.05, 3.63) is 0 Å². The lowest BCUT2D eigenvalue weighted by molar-refractivity contribution is -0.139. The Morgan fingerprint density at radius 1 is 1.40 bits per heavy atom. The van der Waals surface area contributed by atoms with Crippen LogP contribution in [0.3, 0.4) is 0 Å². The van der Waals surface area contributed by atoms with E-state index in [1.165, 1.54) is 0 Å². The van der Waals surface area contributed by atoms with Crippen molar-refractivity contribution in [3.8, 4) is 0 Å². The SMILES string of the molecule is O=C(O)C(S)C(F)C(F)F. The van der Waals surface area contributed by atoms with Crippen LogP contribution in [0.25, 0.3) is 0 Å². The molecule has 0 rings (SSSR count). The van der Waals surface area contributed by atoms with Gasteiger partial charge in [0.05, 0.1) is 0 Å². The third-order valence-corrected chi connectivity index (χ3v) is 1.30. The topological polar surface area (TPSA) is 37.3 Å². The van der Waals surface area contributed by atoms with E-state index in [2.05, 4.69) is 12.6 Å². The molecule has 2 atom stereocenters. The zero-order chi connectivity index (χ0) is 8.31. The van der Waals surface area contributed by atoms with Crippen molar-refractivity contribution in [2.24, 2.45) is 0 Å². The van der Waals surface area contributed by atoms with Crippen LogP contribution in [0, 0.1) is 0 Å². The summed E-state index contributed by atoms with van der Waals surface area (Å²) in [6.07, 6.45) is -6.00. The molecule has 2 nitrogen and oxygen atoms in total. The minimum atomic E-state index is -3.29. The molecule has 0 aromatic carbocycles. The largest absolute Gasteiger partial charge is 0.480 e. The lowest BCUT2D eigenvalue weighted by Crippen LogP contribution is -2.31. The summed E-state index contributed by atoms with van der Waals surface area (Å²) in [5, 5.41) is 6.01. The molecule has 0 fully saturated rings. The van der Waals surface area contributed by atoms with E-state index in [0.29, 0.717) is 0 Å². The first-order valence-corrected chi connectivity index (χ1v) is 2.81. The predicted octanol–water partition coefficient (Wildman–Crippen LogP) is 0.973. The number of aliphatic carboxylic acids is 1.